The van der Waals surface area contributed by atoms with Crippen LogP contribution in [0.2, 0.25) is 0 Å². The first-order valence-corrected chi connectivity index (χ1v) is 8.35. The molecule has 1 N–H and O–H groups in total. The SMILES string of the molecule is O=S(=O)(Cc1ccc(Br)cc1)CC1CCCN1. The second-order valence-electron chi connectivity index (χ2n) is 4.47. The maximum absolute atomic E-state index is 12.0. The summed E-state index contributed by atoms with van der Waals surface area (Å²) in [5.74, 6) is 0.390. The molecule has 1 heterocycles. The van der Waals surface area contributed by atoms with Crippen LogP contribution in [0.25, 0.3) is 0 Å². The van der Waals surface area contributed by atoms with Gasteiger partial charge in [0.15, 0.2) is 9.84 Å². The van der Waals surface area contributed by atoms with E-state index in [0.717, 1.165) is 29.4 Å². The zero-order valence-corrected chi connectivity index (χ0v) is 11.9. The molecule has 5 heteroatoms. The maximum Gasteiger partial charge on any atom is 0.155 e. The molecule has 94 valence electrons. The van der Waals surface area contributed by atoms with E-state index in [1.54, 1.807) is 0 Å². The molecule has 0 radical (unpaired) electrons. The molecule has 1 aliphatic heterocycles. The van der Waals surface area contributed by atoms with Crippen LogP contribution in [-0.2, 0) is 15.6 Å². The van der Waals surface area contributed by atoms with Crippen LogP contribution in [0.4, 0.5) is 0 Å². The van der Waals surface area contributed by atoms with Crippen molar-refractivity contribution in [3.8, 4) is 0 Å². The predicted octanol–water partition coefficient (Wildman–Crippen LogP) is 2.12. The number of hydrogen-bond acceptors (Lipinski definition) is 3. The lowest BCUT2D eigenvalue weighted by atomic mass is 10.2. The Morgan fingerprint density at radius 1 is 1.29 bits per heavy atom. The molecule has 1 aromatic carbocycles. The van der Waals surface area contributed by atoms with Gasteiger partial charge >= 0.3 is 0 Å². The number of rotatable bonds is 4. The summed E-state index contributed by atoms with van der Waals surface area (Å²) in [5.41, 5.74) is 0.853. The molecule has 0 amide bonds. The van der Waals surface area contributed by atoms with Gasteiger partial charge in [0.25, 0.3) is 0 Å². The molecule has 3 nitrogen and oxygen atoms in total. The third-order valence-corrected chi connectivity index (χ3v) is 5.13. The number of sulfone groups is 1. The normalized spacial score (nSPS) is 20.6. The number of nitrogens with one attached hydrogen (secondary N) is 1. The molecule has 2 rings (SSSR count). The molecule has 0 aromatic heterocycles. The van der Waals surface area contributed by atoms with Crippen molar-refractivity contribution in [3.05, 3.63) is 34.3 Å². The molecule has 1 atom stereocenters. The topological polar surface area (TPSA) is 46.2 Å². The van der Waals surface area contributed by atoms with Crippen molar-refractivity contribution in [2.75, 3.05) is 12.3 Å². The zero-order chi connectivity index (χ0) is 12.3. The van der Waals surface area contributed by atoms with Gasteiger partial charge in [-0.2, -0.15) is 0 Å². The molecular formula is C12H16BrNO2S. The van der Waals surface area contributed by atoms with Gasteiger partial charge in [-0.15, -0.1) is 0 Å². The van der Waals surface area contributed by atoms with Crippen LogP contribution in [-0.4, -0.2) is 26.8 Å². The number of hydrogen-bond donors (Lipinski definition) is 1. The van der Waals surface area contributed by atoms with E-state index < -0.39 is 9.84 Å². The minimum Gasteiger partial charge on any atom is -0.313 e. The van der Waals surface area contributed by atoms with Gasteiger partial charge in [-0.25, -0.2) is 8.42 Å². The van der Waals surface area contributed by atoms with Gasteiger partial charge in [-0.3, -0.25) is 0 Å². The van der Waals surface area contributed by atoms with E-state index in [1.165, 1.54) is 0 Å². The molecule has 0 spiro atoms. The van der Waals surface area contributed by atoms with E-state index in [0.29, 0.717) is 0 Å². The highest BCUT2D eigenvalue weighted by molar-refractivity contribution is 9.10. The van der Waals surface area contributed by atoms with Crippen molar-refractivity contribution in [3.63, 3.8) is 0 Å². The Morgan fingerprint density at radius 2 is 2.00 bits per heavy atom. The Morgan fingerprint density at radius 3 is 2.59 bits per heavy atom. The molecule has 1 aromatic rings. The van der Waals surface area contributed by atoms with Crippen LogP contribution < -0.4 is 5.32 Å². The minimum absolute atomic E-state index is 0.137. The van der Waals surface area contributed by atoms with Gasteiger partial charge in [0.05, 0.1) is 11.5 Å². The highest BCUT2D eigenvalue weighted by atomic mass is 79.9. The van der Waals surface area contributed by atoms with Crippen LogP contribution >= 0.6 is 15.9 Å². The predicted molar refractivity (Wildman–Crippen MR) is 72.7 cm³/mol. The lowest BCUT2D eigenvalue weighted by molar-refractivity contribution is 0.576. The molecule has 1 aliphatic rings. The van der Waals surface area contributed by atoms with Crippen molar-refractivity contribution in [2.45, 2.75) is 24.6 Å². The standard InChI is InChI=1S/C12H16BrNO2S/c13-11-5-3-10(4-6-11)8-17(15,16)9-12-2-1-7-14-12/h3-6,12,14H,1-2,7-9H2. The molecule has 1 fully saturated rings. The molecule has 0 aliphatic carbocycles. The van der Waals surface area contributed by atoms with Crippen LogP contribution in [0, 0.1) is 0 Å². The molecule has 1 saturated heterocycles. The lowest BCUT2D eigenvalue weighted by Crippen LogP contribution is -2.30. The smallest absolute Gasteiger partial charge is 0.155 e. The summed E-state index contributed by atoms with van der Waals surface area (Å²) in [4.78, 5) is 0. The summed E-state index contributed by atoms with van der Waals surface area (Å²) in [6.45, 7) is 0.943. The quantitative estimate of drug-likeness (QED) is 0.925. The molecule has 0 saturated carbocycles. The maximum atomic E-state index is 12.0. The van der Waals surface area contributed by atoms with Crippen molar-refractivity contribution in [2.24, 2.45) is 0 Å². The summed E-state index contributed by atoms with van der Waals surface area (Å²) < 4.78 is 24.9. The summed E-state index contributed by atoms with van der Waals surface area (Å²) in [6, 6.07) is 7.60. The molecule has 0 bridgehead atoms. The van der Waals surface area contributed by atoms with E-state index in [4.69, 9.17) is 0 Å². The van der Waals surface area contributed by atoms with E-state index in [2.05, 4.69) is 21.2 Å². The number of benzene rings is 1. The Labute approximate surface area is 111 Å². The van der Waals surface area contributed by atoms with Gasteiger partial charge in [-0.05, 0) is 37.1 Å². The van der Waals surface area contributed by atoms with E-state index in [9.17, 15) is 8.42 Å². The molecule has 1 unspecified atom stereocenters. The highest BCUT2D eigenvalue weighted by Crippen LogP contribution is 2.15. The Kier molecular flexibility index (Phi) is 4.22. The second kappa shape index (κ2) is 5.50. The third kappa shape index (κ3) is 4.08. The van der Waals surface area contributed by atoms with Crippen molar-refractivity contribution in [1.29, 1.82) is 0 Å². The average molecular weight is 318 g/mol. The summed E-state index contributed by atoms with van der Waals surface area (Å²) in [5, 5.41) is 3.22. The Balaban J connectivity index is 1.98. The van der Waals surface area contributed by atoms with Crippen LogP contribution in [0.1, 0.15) is 18.4 Å². The fourth-order valence-corrected chi connectivity index (χ4v) is 4.08. The van der Waals surface area contributed by atoms with Gasteiger partial charge in [0.1, 0.15) is 0 Å². The fraction of sp³-hybridized carbons (Fsp3) is 0.500. The first kappa shape index (κ1) is 13.1. The summed E-state index contributed by atoms with van der Waals surface area (Å²) in [6.07, 6.45) is 2.05. The largest absolute Gasteiger partial charge is 0.313 e. The zero-order valence-electron chi connectivity index (χ0n) is 9.52. The minimum atomic E-state index is -3.01. The van der Waals surface area contributed by atoms with Gasteiger partial charge < -0.3 is 5.32 Å². The van der Waals surface area contributed by atoms with Gasteiger partial charge in [0.2, 0.25) is 0 Å². The van der Waals surface area contributed by atoms with E-state index >= 15 is 0 Å². The first-order valence-electron chi connectivity index (χ1n) is 5.73. The highest BCUT2D eigenvalue weighted by Gasteiger charge is 2.22. The Bertz CT molecular complexity index is 464. The van der Waals surface area contributed by atoms with Crippen LogP contribution in [0.15, 0.2) is 28.7 Å². The van der Waals surface area contributed by atoms with Crippen LogP contribution in [0.5, 0.6) is 0 Å². The van der Waals surface area contributed by atoms with Crippen LogP contribution in [0.3, 0.4) is 0 Å². The van der Waals surface area contributed by atoms with Crippen molar-refractivity contribution in [1.82, 2.24) is 5.32 Å². The molecular weight excluding hydrogens is 302 g/mol. The van der Waals surface area contributed by atoms with Gasteiger partial charge in [0, 0.05) is 10.5 Å². The number of halogens is 1. The Hall–Kier alpha value is -0.390. The van der Waals surface area contributed by atoms with E-state index in [1.807, 2.05) is 24.3 Å². The summed E-state index contributed by atoms with van der Waals surface area (Å²) >= 11 is 3.34. The second-order valence-corrected chi connectivity index (χ2v) is 7.50. The summed E-state index contributed by atoms with van der Waals surface area (Å²) in [7, 11) is -3.01. The first-order chi connectivity index (χ1) is 8.05. The average Bonchev–Trinajstić information content (AvgIpc) is 2.73. The van der Waals surface area contributed by atoms with Gasteiger partial charge in [-0.1, -0.05) is 28.1 Å². The van der Waals surface area contributed by atoms with Crippen molar-refractivity contribution < 1.29 is 8.42 Å². The lowest BCUT2D eigenvalue weighted by Gasteiger charge is -2.10. The third-order valence-electron chi connectivity index (χ3n) is 2.92. The monoisotopic (exact) mass is 317 g/mol. The van der Waals surface area contributed by atoms with E-state index in [-0.39, 0.29) is 17.5 Å². The van der Waals surface area contributed by atoms with Crippen molar-refractivity contribution >= 4 is 25.8 Å². The fourth-order valence-electron chi connectivity index (χ4n) is 2.10. The molecule has 17 heavy (non-hydrogen) atoms.